The van der Waals surface area contributed by atoms with E-state index in [9.17, 15) is 8.78 Å². The Labute approximate surface area is 120 Å². The van der Waals surface area contributed by atoms with Crippen molar-refractivity contribution in [1.82, 2.24) is 10.2 Å². The highest BCUT2D eigenvalue weighted by molar-refractivity contribution is 5.20. The zero-order valence-electron chi connectivity index (χ0n) is 12.5. The minimum absolute atomic E-state index is 0.0212. The molecule has 1 heterocycles. The first-order valence-electron chi connectivity index (χ1n) is 7.41. The summed E-state index contributed by atoms with van der Waals surface area (Å²) < 4.78 is 27.7. The zero-order chi connectivity index (χ0) is 14.8. The fourth-order valence-electron chi connectivity index (χ4n) is 2.84. The van der Waals surface area contributed by atoms with Crippen molar-refractivity contribution < 1.29 is 8.78 Å². The van der Waals surface area contributed by atoms with Crippen LogP contribution >= 0.6 is 0 Å². The Bertz CT molecular complexity index is 444. The second-order valence-electron chi connectivity index (χ2n) is 5.96. The van der Waals surface area contributed by atoms with Gasteiger partial charge in [0.25, 0.3) is 0 Å². The fourth-order valence-corrected chi connectivity index (χ4v) is 2.84. The molecular formula is C16H24F2N2. The topological polar surface area (TPSA) is 15.3 Å². The summed E-state index contributed by atoms with van der Waals surface area (Å²) in [6.07, 6.45) is 1.97. The molecule has 4 heteroatoms. The molecule has 0 amide bonds. The molecule has 20 heavy (non-hydrogen) atoms. The van der Waals surface area contributed by atoms with Gasteiger partial charge >= 0.3 is 0 Å². The Morgan fingerprint density at radius 2 is 1.95 bits per heavy atom. The summed E-state index contributed by atoms with van der Waals surface area (Å²) in [5.41, 5.74) is 0.208. The van der Waals surface area contributed by atoms with E-state index in [0.29, 0.717) is 12.6 Å². The molecule has 1 aliphatic rings. The van der Waals surface area contributed by atoms with Crippen LogP contribution in [0.3, 0.4) is 0 Å². The Kier molecular flexibility index (Phi) is 4.76. The maximum Gasteiger partial charge on any atom is 0.130 e. The van der Waals surface area contributed by atoms with Crippen molar-refractivity contribution >= 4 is 0 Å². The minimum Gasteiger partial charge on any atom is -0.309 e. The van der Waals surface area contributed by atoms with Gasteiger partial charge in [-0.25, -0.2) is 8.78 Å². The number of nitrogens with zero attached hydrogens (tertiary/aromatic N) is 1. The normalized spacial score (nSPS) is 27.8. The van der Waals surface area contributed by atoms with Gasteiger partial charge in [0, 0.05) is 36.8 Å². The molecule has 0 radical (unpaired) electrons. The summed E-state index contributed by atoms with van der Waals surface area (Å²) in [6.45, 7) is 8.46. The molecule has 2 unspecified atom stereocenters. The monoisotopic (exact) mass is 282 g/mol. The summed E-state index contributed by atoms with van der Waals surface area (Å²) in [5, 5.41) is 3.56. The van der Waals surface area contributed by atoms with E-state index in [-0.39, 0.29) is 11.1 Å². The lowest BCUT2D eigenvalue weighted by Gasteiger charge is -2.46. The van der Waals surface area contributed by atoms with Crippen molar-refractivity contribution in [2.45, 2.75) is 51.7 Å². The van der Waals surface area contributed by atoms with Crippen molar-refractivity contribution in [3.8, 4) is 0 Å². The van der Waals surface area contributed by atoms with Crippen LogP contribution in [0.1, 0.15) is 39.2 Å². The van der Waals surface area contributed by atoms with Crippen LogP contribution in [0.4, 0.5) is 8.78 Å². The first-order valence-corrected chi connectivity index (χ1v) is 7.41. The number of nitrogens with one attached hydrogen (secondary N) is 1. The Morgan fingerprint density at radius 1 is 1.30 bits per heavy atom. The number of hydrogen-bond donors (Lipinski definition) is 1. The Hall–Kier alpha value is -1.00. The minimum atomic E-state index is -0.448. The van der Waals surface area contributed by atoms with Gasteiger partial charge in [0.15, 0.2) is 0 Å². The average Bonchev–Trinajstić information content (AvgIpc) is 2.43. The number of hydrogen-bond acceptors (Lipinski definition) is 2. The van der Waals surface area contributed by atoms with Crippen LogP contribution in [0.2, 0.25) is 0 Å². The highest BCUT2D eigenvalue weighted by Gasteiger charge is 2.34. The van der Waals surface area contributed by atoms with Crippen molar-refractivity contribution in [1.29, 1.82) is 0 Å². The van der Waals surface area contributed by atoms with Gasteiger partial charge in [-0.3, -0.25) is 4.90 Å². The largest absolute Gasteiger partial charge is 0.309 e. The number of piperazine rings is 1. The van der Waals surface area contributed by atoms with Crippen molar-refractivity contribution in [2.75, 3.05) is 13.1 Å². The number of benzene rings is 1. The Balaban J connectivity index is 2.20. The van der Waals surface area contributed by atoms with Gasteiger partial charge in [0.1, 0.15) is 11.6 Å². The van der Waals surface area contributed by atoms with Gasteiger partial charge in [-0.1, -0.05) is 19.9 Å². The lowest BCUT2D eigenvalue weighted by Crippen LogP contribution is -2.62. The van der Waals surface area contributed by atoms with Gasteiger partial charge in [0.2, 0.25) is 0 Å². The quantitative estimate of drug-likeness (QED) is 0.911. The second kappa shape index (κ2) is 6.19. The van der Waals surface area contributed by atoms with E-state index in [1.807, 2.05) is 0 Å². The summed E-state index contributed by atoms with van der Waals surface area (Å²) in [6, 6.07) is 4.41. The van der Waals surface area contributed by atoms with Crippen molar-refractivity contribution in [3.05, 3.63) is 35.4 Å². The van der Waals surface area contributed by atoms with Crippen LogP contribution in [-0.4, -0.2) is 29.6 Å². The van der Waals surface area contributed by atoms with E-state index in [1.54, 1.807) is 0 Å². The van der Waals surface area contributed by atoms with Crippen LogP contribution in [0.25, 0.3) is 0 Å². The van der Waals surface area contributed by atoms with E-state index < -0.39 is 11.6 Å². The molecule has 1 saturated heterocycles. The van der Waals surface area contributed by atoms with Gasteiger partial charge < -0.3 is 5.32 Å². The highest BCUT2D eigenvalue weighted by atomic mass is 19.1. The molecule has 1 aromatic carbocycles. The smallest absolute Gasteiger partial charge is 0.130 e. The molecule has 0 bridgehead atoms. The molecule has 112 valence electrons. The summed E-state index contributed by atoms with van der Waals surface area (Å²) in [7, 11) is 0. The van der Waals surface area contributed by atoms with Crippen LogP contribution in [0.5, 0.6) is 0 Å². The summed E-state index contributed by atoms with van der Waals surface area (Å²) in [4.78, 5) is 2.21. The van der Waals surface area contributed by atoms with Crippen LogP contribution in [-0.2, 0) is 6.54 Å². The number of halogens is 2. The molecule has 1 aromatic rings. The highest BCUT2D eigenvalue weighted by Crippen LogP contribution is 2.24. The van der Waals surface area contributed by atoms with Crippen molar-refractivity contribution in [2.24, 2.45) is 0 Å². The van der Waals surface area contributed by atoms with Gasteiger partial charge in [-0.05, 0) is 31.9 Å². The SMILES string of the molecule is CCC1CNC(C)(CC)CN1Cc1c(F)cccc1F. The lowest BCUT2D eigenvalue weighted by atomic mass is 9.92. The Morgan fingerprint density at radius 3 is 2.50 bits per heavy atom. The maximum absolute atomic E-state index is 13.8. The number of rotatable bonds is 4. The first-order chi connectivity index (χ1) is 9.49. The van der Waals surface area contributed by atoms with Crippen molar-refractivity contribution in [3.63, 3.8) is 0 Å². The molecule has 2 atom stereocenters. The van der Waals surface area contributed by atoms with E-state index in [0.717, 1.165) is 25.9 Å². The average molecular weight is 282 g/mol. The molecule has 0 aromatic heterocycles. The third kappa shape index (κ3) is 3.18. The molecule has 1 aliphatic heterocycles. The predicted molar refractivity (Wildman–Crippen MR) is 77.5 cm³/mol. The first kappa shape index (κ1) is 15.4. The van der Waals surface area contributed by atoms with Gasteiger partial charge in [-0.15, -0.1) is 0 Å². The van der Waals surface area contributed by atoms with E-state index in [1.165, 1.54) is 18.2 Å². The van der Waals surface area contributed by atoms with Crippen LogP contribution in [0.15, 0.2) is 18.2 Å². The van der Waals surface area contributed by atoms with Gasteiger partial charge in [-0.2, -0.15) is 0 Å². The molecule has 2 rings (SSSR count). The molecule has 0 spiro atoms. The van der Waals surface area contributed by atoms with E-state index in [2.05, 4.69) is 31.0 Å². The fraction of sp³-hybridized carbons (Fsp3) is 0.625. The standard InChI is InChI=1S/C16H24F2N2/c1-4-12-9-19-16(3,5-2)11-20(12)10-13-14(17)7-6-8-15(13)18/h6-8,12,19H,4-5,9-11H2,1-3H3. The predicted octanol–water partition coefficient (Wildman–Crippen LogP) is 3.32. The van der Waals surface area contributed by atoms with Gasteiger partial charge in [0.05, 0.1) is 0 Å². The van der Waals surface area contributed by atoms with E-state index in [4.69, 9.17) is 0 Å². The van der Waals surface area contributed by atoms with Crippen LogP contribution in [0, 0.1) is 11.6 Å². The van der Waals surface area contributed by atoms with E-state index >= 15 is 0 Å². The molecule has 2 nitrogen and oxygen atoms in total. The molecule has 0 saturated carbocycles. The molecule has 1 N–H and O–H groups in total. The molecule has 1 fully saturated rings. The lowest BCUT2D eigenvalue weighted by molar-refractivity contribution is 0.0735. The van der Waals surface area contributed by atoms with Crippen LogP contribution < -0.4 is 5.32 Å². The third-order valence-electron chi connectivity index (χ3n) is 4.51. The third-order valence-corrected chi connectivity index (χ3v) is 4.51. The summed E-state index contributed by atoms with van der Waals surface area (Å²) in [5.74, 6) is -0.895. The maximum atomic E-state index is 13.8. The molecular weight excluding hydrogens is 258 g/mol. The zero-order valence-corrected chi connectivity index (χ0v) is 12.5. The molecule has 0 aliphatic carbocycles. The summed E-state index contributed by atoms with van der Waals surface area (Å²) >= 11 is 0. The second-order valence-corrected chi connectivity index (χ2v) is 5.96.